The molecule has 0 aromatic carbocycles. The standard InChI is InChI=1S/C14H17NO3S2/c1-8(14(17)18)10-5-15(6-10)13(16)12-4-9-7-19-3-2-11(9)20-12/h4,8,10H,2-3,5-7H2,1H3,(H,17,18). The van der Waals surface area contributed by atoms with Crippen LogP contribution in [0, 0.1) is 11.8 Å². The number of aryl methyl sites for hydroxylation is 1. The van der Waals surface area contributed by atoms with Crippen LogP contribution in [-0.4, -0.2) is 40.7 Å². The SMILES string of the molecule is CC(C(=O)O)C1CN(C(=O)c2cc3c(s2)CCSC3)C1. The Bertz CT molecular complexity index is 525. The summed E-state index contributed by atoms with van der Waals surface area (Å²) in [6.07, 6.45) is 1.07. The minimum absolute atomic E-state index is 0.0724. The first-order chi connectivity index (χ1) is 9.56. The van der Waals surface area contributed by atoms with Crippen LogP contribution in [-0.2, 0) is 17.0 Å². The number of carbonyl (C=O) groups excluding carboxylic acids is 1. The molecule has 0 spiro atoms. The van der Waals surface area contributed by atoms with E-state index in [4.69, 9.17) is 5.11 Å². The van der Waals surface area contributed by atoms with E-state index in [1.165, 1.54) is 10.4 Å². The van der Waals surface area contributed by atoms with E-state index in [1.807, 2.05) is 17.8 Å². The van der Waals surface area contributed by atoms with Crippen molar-refractivity contribution in [2.24, 2.45) is 11.8 Å². The lowest BCUT2D eigenvalue weighted by Crippen LogP contribution is -2.53. The van der Waals surface area contributed by atoms with Crippen molar-refractivity contribution in [2.45, 2.75) is 19.1 Å². The number of likely N-dealkylation sites (tertiary alicyclic amines) is 1. The fourth-order valence-corrected chi connectivity index (χ4v) is 4.95. The van der Waals surface area contributed by atoms with Crippen LogP contribution in [0.4, 0.5) is 0 Å². The molecule has 1 fully saturated rings. The van der Waals surface area contributed by atoms with Crippen molar-refractivity contribution in [1.82, 2.24) is 4.90 Å². The number of thiophene rings is 1. The maximum atomic E-state index is 12.4. The summed E-state index contributed by atoms with van der Waals surface area (Å²) in [5.41, 5.74) is 1.31. The van der Waals surface area contributed by atoms with Gasteiger partial charge >= 0.3 is 5.97 Å². The summed E-state index contributed by atoms with van der Waals surface area (Å²) in [7, 11) is 0. The number of amides is 1. The summed E-state index contributed by atoms with van der Waals surface area (Å²) in [5, 5.41) is 8.97. The number of carbonyl (C=O) groups is 2. The van der Waals surface area contributed by atoms with Gasteiger partial charge in [0.1, 0.15) is 0 Å². The van der Waals surface area contributed by atoms with Gasteiger partial charge in [-0.2, -0.15) is 11.8 Å². The number of nitrogens with zero attached hydrogens (tertiary/aromatic N) is 1. The highest BCUT2D eigenvalue weighted by Gasteiger charge is 2.38. The van der Waals surface area contributed by atoms with Gasteiger partial charge in [0.2, 0.25) is 0 Å². The number of aliphatic carboxylic acids is 1. The minimum atomic E-state index is -0.772. The van der Waals surface area contributed by atoms with Crippen LogP contribution in [0.3, 0.4) is 0 Å². The average Bonchev–Trinajstić information content (AvgIpc) is 2.80. The van der Waals surface area contributed by atoms with E-state index in [2.05, 4.69) is 0 Å². The number of carboxylic acids is 1. The van der Waals surface area contributed by atoms with Crippen molar-refractivity contribution in [3.63, 3.8) is 0 Å². The number of rotatable bonds is 3. The van der Waals surface area contributed by atoms with Crippen molar-refractivity contribution < 1.29 is 14.7 Å². The van der Waals surface area contributed by atoms with Crippen molar-refractivity contribution >= 4 is 35.0 Å². The van der Waals surface area contributed by atoms with Crippen molar-refractivity contribution in [3.05, 3.63) is 21.4 Å². The van der Waals surface area contributed by atoms with Crippen LogP contribution >= 0.6 is 23.1 Å². The number of fused-ring (bicyclic) bond motifs is 1. The molecule has 2 aliphatic rings. The van der Waals surface area contributed by atoms with Crippen LogP contribution in [0.15, 0.2) is 6.07 Å². The molecule has 3 heterocycles. The first-order valence-corrected chi connectivity index (χ1v) is 8.75. The van der Waals surface area contributed by atoms with Crippen molar-refractivity contribution in [1.29, 1.82) is 0 Å². The molecule has 0 aliphatic carbocycles. The Morgan fingerprint density at radius 3 is 2.85 bits per heavy atom. The second-order valence-corrected chi connectivity index (χ2v) is 7.70. The van der Waals surface area contributed by atoms with Gasteiger partial charge in [-0.3, -0.25) is 9.59 Å². The van der Waals surface area contributed by atoms with E-state index in [0.29, 0.717) is 13.1 Å². The van der Waals surface area contributed by atoms with E-state index < -0.39 is 5.97 Å². The average molecular weight is 311 g/mol. The molecule has 1 atom stereocenters. The topological polar surface area (TPSA) is 57.6 Å². The second-order valence-electron chi connectivity index (χ2n) is 5.46. The van der Waals surface area contributed by atoms with Gasteiger partial charge < -0.3 is 10.0 Å². The van der Waals surface area contributed by atoms with Gasteiger partial charge in [-0.25, -0.2) is 0 Å². The molecule has 4 nitrogen and oxygen atoms in total. The zero-order valence-corrected chi connectivity index (χ0v) is 12.9. The molecule has 108 valence electrons. The lowest BCUT2D eigenvalue weighted by molar-refractivity contribution is -0.144. The molecular weight excluding hydrogens is 294 g/mol. The molecule has 0 saturated carbocycles. The van der Waals surface area contributed by atoms with E-state index >= 15 is 0 Å². The third-order valence-electron chi connectivity index (χ3n) is 4.13. The number of carboxylic acid groups (broad SMARTS) is 1. The van der Waals surface area contributed by atoms with Gasteiger partial charge in [-0.15, -0.1) is 11.3 Å². The summed E-state index contributed by atoms with van der Waals surface area (Å²) >= 11 is 3.53. The van der Waals surface area contributed by atoms with E-state index in [9.17, 15) is 9.59 Å². The molecule has 20 heavy (non-hydrogen) atoms. The second kappa shape index (κ2) is 5.41. The van der Waals surface area contributed by atoms with Crippen molar-refractivity contribution in [2.75, 3.05) is 18.8 Å². The molecule has 2 aliphatic heterocycles. The summed E-state index contributed by atoms with van der Waals surface area (Å²) in [4.78, 5) is 27.2. The number of hydrogen-bond donors (Lipinski definition) is 1. The van der Waals surface area contributed by atoms with Gasteiger partial charge in [0, 0.05) is 29.6 Å². The Morgan fingerprint density at radius 2 is 2.20 bits per heavy atom. The minimum Gasteiger partial charge on any atom is -0.481 e. The lowest BCUT2D eigenvalue weighted by atomic mass is 9.87. The lowest BCUT2D eigenvalue weighted by Gasteiger charge is -2.41. The van der Waals surface area contributed by atoms with Crippen LogP contribution < -0.4 is 0 Å². The van der Waals surface area contributed by atoms with Gasteiger partial charge in [0.15, 0.2) is 0 Å². The third-order valence-corrected chi connectivity index (χ3v) is 6.37. The van der Waals surface area contributed by atoms with Gasteiger partial charge in [-0.05, 0) is 23.8 Å². The Morgan fingerprint density at radius 1 is 1.45 bits per heavy atom. The number of hydrogen-bond acceptors (Lipinski definition) is 4. The predicted molar refractivity (Wildman–Crippen MR) is 80.4 cm³/mol. The zero-order valence-electron chi connectivity index (χ0n) is 11.3. The van der Waals surface area contributed by atoms with Crippen LogP contribution in [0.25, 0.3) is 0 Å². The Kier molecular flexibility index (Phi) is 3.77. The highest BCUT2D eigenvalue weighted by molar-refractivity contribution is 7.98. The smallest absolute Gasteiger partial charge is 0.306 e. The Hall–Kier alpha value is -1.01. The van der Waals surface area contributed by atoms with Gasteiger partial charge in [0.05, 0.1) is 10.8 Å². The molecule has 1 aromatic heterocycles. The molecule has 1 unspecified atom stereocenters. The third kappa shape index (κ3) is 2.46. The van der Waals surface area contributed by atoms with E-state index in [1.54, 1.807) is 23.2 Å². The van der Waals surface area contributed by atoms with Crippen molar-refractivity contribution in [3.8, 4) is 0 Å². The highest BCUT2D eigenvalue weighted by Crippen LogP contribution is 2.34. The highest BCUT2D eigenvalue weighted by atomic mass is 32.2. The normalized spacial score (nSPS) is 20.1. The van der Waals surface area contributed by atoms with Crippen LogP contribution in [0.2, 0.25) is 0 Å². The van der Waals surface area contributed by atoms with Gasteiger partial charge in [-0.1, -0.05) is 6.92 Å². The molecule has 0 bridgehead atoms. The maximum absolute atomic E-state index is 12.4. The summed E-state index contributed by atoms with van der Waals surface area (Å²) in [6.45, 7) is 2.86. The van der Waals surface area contributed by atoms with Gasteiger partial charge in [0.25, 0.3) is 5.91 Å². The van der Waals surface area contributed by atoms with E-state index in [0.717, 1.165) is 22.8 Å². The zero-order chi connectivity index (χ0) is 14.3. The quantitative estimate of drug-likeness (QED) is 0.931. The monoisotopic (exact) mass is 311 g/mol. The summed E-state index contributed by atoms with van der Waals surface area (Å²) in [5.74, 6) is 1.18. The molecule has 1 N–H and O–H groups in total. The Balaban J connectivity index is 1.63. The fraction of sp³-hybridized carbons (Fsp3) is 0.571. The predicted octanol–water partition coefficient (Wildman–Crippen LogP) is 2.33. The fourth-order valence-electron chi connectivity index (χ4n) is 2.60. The molecule has 1 saturated heterocycles. The molecule has 3 rings (SSSR count). The Labute approximate surface area is 126 Å². The number of thioether (sulfide) groups is 1. The first kappa shape index (κ1) is 13.9. The maximum Gasteiger partial charge on any atom is 0.306 e. The molecule has 1 aromatic rings. The molecular formula is C14H17NO3S2. The summed E-state index contributed by atoms with van der Waals surface area (Å²) in [6, 6.07) is 2.03. The van der Waals surface area contributed by atoms with Crippen LogP contribution in [0.1, 0.15) is 27.0 Å². The van der Waals surface area contributed by atoms with E-state index in [-0.39, 0.29) is 17.7 Å². The summed E-state index contributed by atoms with van der Waals surface area (Å²) < 4.78 is 0. The molecule has 1 amide bonds. The molecule has 0 radical (unpaired) electrons. The largest absolute Gasteiger partial charge is 0.481 e. The first-order valence-electron chi connectivity index (χ1n) is 6.77. The molecule has 6 heteroatoms. The van der Waals surface area contributed by atoms with Crippen LogP contribution in [0.5, 0.6) is 0 Å².